The molecule has 0 unspecified atom stereocenters. The van der Waals surface area contributed by atoms with Gasteiger partial charge < -0.3 is 9.80 Å². The fourth-order valence-electron chi connectivity index (χ4n) is 4.26. The Kier molecular flexibility index (Phi) is 2.75. The first-order valence-electron chi connectivity index (χ1n) is 7.06. The zero-order valence-electron chi connectivity index (χ0n) is 10.9. The van der Waals surface area contributed by atoms with E-state index in [9.17, 15) is 0 Å². The molecule has 3 aliphatic rings. The summed E-state index contributed by atoms with van der Waals surface area (Å²) in [6.45, 7) is 9.29. The molecule has 1 aliphatic carbocycles. The number of nitrogens with zero attached hydrogens (tertiary/aromatic N) is 2. The fourth-order valence-corrected chi connectivity index (χ4v) is 4.26. The average molecular weight is 222 g/mol. The van der Waals surface area contributed by atoms with Gasteiger partial charge in [0, 0.05) is 19.6 Å². The minimum Gasteiger partial charge on any atom is -0.305 e. The van der Waals surface area contributed by atoms with E-state index >= 15 is 0 Å². The standard InChI is InChI=1S/C14H26N2/c1-12-3-5-16(6-4-12)9-13-7-14(8-13)10-15(2)11-14/h12-13H,3-11H2,1-2H3. The molecular formula is C14H26N2. The van der Waals surface area contributed by atoms with E-state index in [1.54, 1.807) is 0 Å². The first kappa shape index (κ1) is 11.0. The maximum Gasteiger partial charge on any atom is 0.00476 e. The minimum absolute atomic E-state index is 0.780. The smallest absolute Gasteiger partial charge is 0.00476 e. The first-order chi connectivity index (χ1) is 7.65. The molecule has 2 heterocycles. The molecule has 0 atom stereocenters. The van der Waals surface area contributed by atoms with Crippen molar-refractivity contribution in [3.05, 3.63) is 0 Å². The Bertz CT molecular complexity index is 241. The van der Waals surface area contributed by atoms with Gasteiger partial charge in [-0.25, -0.2) is 0 Å². The van der Waals surface area contributed by atoms with Crippen LogP contribution in [0.2, 0.25) is 0 Å². The normalized spacial score (nSPS) is 32.6. The molecule has 0 N–H and O–H groups in total. The largest absolute Gasteiger partial charge is 0.305 e. The van der Waals surface area contributed by atoms with Crippen molar-refractivity contribution >= 4 is 0 Å². The summed E-state index contributed by atoms with van der Waals surface area (Å²) in [5, 5.41) is 0. The van der Waals surface area contributed by atoms with E-state index in [4.69, 9.17) is 0 Å². The molecule has 2 nitrogen and oxygen atoms in total. The Labute approximate surface area is 100.0 Å². The summed E-state index contributed by atoms with van der Waals surface area (Å²) >= 11 is 0. The molecule has 0 aromatic rings. The molecule has 0 bridgehead atoms. The summed E-state index contributed by atoms with van der Waals surface area (Å²) in [6, 6.07) is 0. The van der Waals surface area contributed by atoms with Crippen LogP contribution in [0.15, 0.2) is 0 Å². The van der Waals surface area contributed by atoms with Crippen molar-refractivity contribution in [1.29, 1.82) is 0 Å². The van der Waals surface area contributed by atoms with Crippen molar-refractivity contribution in [1.82, 2.24) is 9.80 Å². The van der Waals surface area contributed by atoms with Gasteiger partial charge in [-0.3, -0.25) is 0 Å². The third-order valence-corrected chi connectivity index (χ3v) is 5.05. The van der Waals surface area contributed by atoms with E-state index < -0.39 is 0 Å². The highest BCUT2D eigenvalue weighted by atomic mass is 15.2. The highest BCUT2D eigenvalue weighted by molar-refractivity contribution is 5.03. The van der Waals surface area contributed by atoms with Crippen LogP contribution in [0, 0.1) is 17.3 Å². The summed E-state index contributed by atoms with van der Waals surface area (Å²) in [5.41, 5.74) is 0.780. The Balaban J connectivity index is 1.38. The van der Waals surface area contributed by atoms with Crippen LogP contribution in [0.25, 0.3) is 0 Å². The monoisotopic (exact) mass is 222 g/mol. The molecule has 2 heteroatoms. The third-order valence-electron chi connectivity index (χ3n) is 5.05. The van der Waals surface area contributed by atoms with Crippen LogP contribution in [-0.2, 0) is 0 Å². The molecule has 16 heavy (non-hydrogen) atoms. The van der Waals surface area contributed by atoms with Crippen LogP contribution < -0.4 is 0 Å². The van der Waals surface area contributed by atoms with Crippen LogP contribution >= 0.6 is 0 Å². The summed E-state index contributed by atoms with van der Waals surface area (Å²) in [4.78, 5) is 5.19. The van der Waals surface area contributed by atoms with Crippen molar-refractivity contribution in [3.63, 3.8) is 0 Å². The number of piperidine rings is 1. The lowest BCUT2D eigenvalue weighted by Gasteiger charge is -2.59. The predicted octanol–water partition coefficient (Wildman–Crippen LogP) is 2.06. The molecule has 0 aromatic heterocycles. The number of hydrogen-bond acceptors (Lipinski definition) is 2. The van der Waals surface area contributed by atoms with E-state index in [0.29, 0.717) is 0 Å². The number of rotatable bonds is 2. The summed E-state index contributed by atoms with van der Waals surface area (Å²) in [7, 11) is 2.25. The zero-order chi connectivity index (χ0) is 11.2. The van der Waals surface area contributed by atoms with E-state index in [0.717, 1.165) is 17.3 Å². The van der Waals surface area contributed by atoms with Crippen LogP contribution in [0.3, 0.4) is 0 Å². The van der Waals surface area contributed by atoms with Crippen molar-refractivity contribution in [2.45, 2.75) is 32.6 Å². The van der Waals surface area contributed by atoms with Gasteiger partial charge in [0.2, 0.25) is 0 Å². The molecule has 0 radical (unpaired) electrons. The van der Waals surface area contributed by atoms with Gasteiger partial charge in [0.05, 0.1) is 0 Å². The fraction of sp³-hybridized carbons (Fsp3) is 1.00. The maximum atomic E-state index is 2.72. The second kappa shape index (κ2) is 3.99. The van der Waals surface area contributed by atoms with E-state index in [1.807, 2.05) is 0 Å². The van der Waals surface area contributed by atoms with Crippen molar-refractivity contribution in [2.24, 2.45) is 17.3 Å². The molecule has 1 spiro atoms. The van der Waals surface area contributed by atoms with Crippen LogP contribution in [0.5, 0.6) is 0 Å². The van der Waals surface area contributed by atoms with E-state index in [2.05, 4.69) is 23.8 Å². The van der Waals surface area contributed by atoms with Gasteiger partial charge in [0.1, 0.15) is 0 Å². The molecule has 2 aliphatic heterocycles. The molecule has 1 saturated carbocycles. The van der Waals surface area contributed by atoms with Crippen LogP contribution in [0.1, 0.15) is 32.6 Å². The molecule has 0 amide bonds. The zero-order valence-corrected chi connectivity index (χ0v) is 10.9. The molecule has 2 saturated heterocycles. The lowest BCUT2D eigenvalue weighted by molar-refractivity contribution is -0.0899. The van der Waals surface area contributed by atoms with Gasteiger partial charge in [-0.1, -0.05) is 6.92 Å². The van der Waals surface area contributed by atoms with Gasteiger partial charge in [-0.2, -0.15) is 0 Å². The molecule has 3 rings (SSSR count). The highest BCUT2D eigenvalue weighted by Gasteiger charge is 2.50. The number of hydrogen-bond donors (Lipinski definition) is 0. The van der Waals surface area contributed by atoms with Crippen LogP contribution in [-0.4, -0.2) is 49.6 Å². The van der Waals surface area contributed by atoms with Crippen LogP contribution in [0.4, 0.5) is 0 Å². The Morgan fingerprint density at radius 1 is 1.12 bits per heavy atom. The van der Waals surface area contributed by atoms with Gasteiger partial charge in [-0.05, 0) is 63.1 Å². The Hall–Kier alpha value is -0.0800. The van der Waals surface area contributed by atoms with Gasteiger partial charge >= 0.3 is 0 Å². The van der Waals surface area contributed by atoms with E-state index in [-0.39, 0.29) is 0 Å². The minimum atomic E-state index is 0.780. The second-order valence-corrected chi connectivity index (χ2v) is 6.93. The van der Waals surface area contributed by atoms with Crippen molar-refractivity contribution in [2.75, 3.05) is 39.8 Å². The highest BCUT2D eigenvalue weighted by Crippen LogP contribution is 2.51. The van der Waals surface area contributed by atoms with Gasteiger partial charge in [0.25, 0.3) is 0 Å². The maximum absolute atomic E-state index is 2.72. The van der Waals surface area contributed by atoms with E-state index in [1.165, 1.54) is 58.4 Å². The average Bonchev–Trinajstić information content (AvgIpc) is 2.16. The first-order valence-corrected chi connectivity index (χ1v) is 7.06. The lowest BCUT2D eigenvalue weighted by atomic mass is 9.58. The summed E-state index contributed by atoms with van der Waals surface area (Å²) < 4.78 is 0. The molecule has 3 fully saturated rings. The molecule has 92 valence electrons. The quantitative estimate of drug-likeness (QED) is 0.705. The second-order valence-electron chi connectivity index (χ2n) is 6.93. The Morgan fingerprint density at radius 3 is 2.31 bits per heavy atom. The Morgan fingerprint density at radius 2 is 1.75 bits per heavy atom. The summed E-state index contributed by atoms with van der Waals surface area (Å²) in [5.74, 6) is 2.01. The number of likely N-dealkylation sites (tertiary alicyclic amines) is 2. The molecular weight excluding hydrogens is 196 g/mol. The lowest BCUT2D eigenvalue weighted by Crippen LogP contribution is -2.62. The predicted molar refractivity (Wildman–Crippen MR) is 67.5 cm³/mol. The molecule has 0 aromatic carbocycles. The summed E-state index contributed by atoms with van der Waals surface area (Å²) in [6.07, 6.45) is 5.90. The third kappa shape index (κ3) is 2.02. The van der Waals surface area contributed by atoms with Gasteiger partial charge in [-0.15, -0.1) is 0 Å². The topological polar surface area (TPSA) is 6.48 Å². The van der Waals surface area contributed by atoms with Crippen molar-refractivity contribution < 1.29 is 0 Å². The SMILES string of the molecule is CC1CCN(CC2CC3(C2)CN(C)C3)CC1. The van der Waals surface area contributed by atoms with Gasteiger partial charge in [0.15, 0.2) is 0 Å². The van der Waals surface area contributed by atoms with Crippen molar-refractivity contribution in [3.8, 4) is 0 Å².